The van der Waals surface area contributed by atoms with Crippen LogP contribution in [0.5, 0.6) is 23.0 Å². The highest BCUT2D eigenvalue weighted by atomic mass is 16.7. The van der Waals surface area contributed by atoms with Crippen LogP contribution in [0.25, 0.3) is 0 Å². The molecule has 0 unspecified atom stereocenters. The quantitative estimate of drug-likeness (QED) is 0.910. The molecule has 0 aliphatic carbocycles. The van der Waals surface area contributed by atoms with Crippen molar-refractivity contribution in [3.05, 3.63) is 47.5 Å². The monoisotopic (exact) mass is 285 g/mol. The van der Waals surface area contributed by atoms with Crippen molar-refractivity contribution in [2.45, 2.75) is 20.4 Å². The lowest BCUT2D eigenvalue weighted by Gasteiger charge is -2.13. The SMILES string of the molecule is CCNCc1cc(C)ccc1Oc1ccc2c(c1)OCO2. The van der Waals surface area contributed by atoms with Crippen molar-refractivity contribution in [2.24, 2.45) is 0 Å². The second-order valence-corrected chi connectivity index (χ2v) is 5.01. The Balaban J connectivity index is 1.83. The molecule has 1 aliphatic rings. The first-order valence-corrected chi connectivity index (χ1v) is 7.14. The third-order valence-electron chi connectivity index (χ3n) is 3.35. The minimum Gasteiger partial charge on any atom is -0.457 e. The van der Waals surface area contributed by atoms with Gasteiger partial charge in [-0.2, -0.15) is 0 Å². The van der Waals surface area contributed by atoms with Crippen LogP contribution in [-0.4, -0.2) is 13.3 Å². The van der Waals surface area contributed by atoms with E-state index in [0.29, 0.717) is 0 Å². The largest absolute Gasteiger partial charge is 0.457 e. The van der Waals surface area contributed by atoms with Gasteiger partial charge >= 0.3 is 0 Å². The molecule has 0 atom stereocenters. The molecule has 21 heavy (non-hydrogen) atoms. The molecule has 4 heteroatoms. The fourth-order valence-electron chi connectivity index (χ4n) is 2.27. The van der Waals surface area contributed by atoms with Gasteiger partial charge in [0.15, 0.2) is 11.5 Å². The van der Waals surface area contributed by atoms with Crippen molar-refractivity contribution in [1.82, 2.24) is 5.32 Å². The van der Waals surface area contributed by atoms with Crippen LogP contribution in [-0.2, 0) is 6.54 Å². The van der Waals surface area contributed by atoms with Crippen molar-refractivity contribution in [2.75, 3.05) is 13.3 Å². The van der Waals surface area contributed by atoms with E-state index in [9.17, 15) is 0 Å². The van der Waals surface area contributed by atoms with E-state index < -0.39 is 0 Å². The Labute approximate surface area is 124 Å². The number of hydrogen-bond acceptors (Lipinski definition) is 4. The van der Waals surface area contributed by atoms with Crippen LogP contribution in [0.4, 0.5) is 0 Å². The zero-order valence-electron chi connectivity index (χ0n) is 12.3. The summed E-state index contributed by atoms with van der Waals surface area (Å²) in [6, 6.07) is 11.8. The van der Waals surface area contributed by atoms with Gasteiger partial charge in [-0.25, -0.2) is 0 Å². The van der Waals surface area contributed by atoms with Gasteiger partial charge in [0.05, 0.1) is 0 Å². The number of aryl methyl sites for hydroxylation is 1. The molecule has 0 bridgehead atoms. The number of ether oxygens (including phenoxy) is 3. The Bertz CT molecular complexity index is 640. The van der Waals surface area contributed by atoms with Crippen LogP contribution in [0.15, 0.2) is 36.4 Å². The van der Waals surface area contributed by atoms with Crippen LogP contribution in [0.1, 0.15) is 18.1 Å². The summed E-state index contributed by atoms with van der Waals surface area (Å²) in [5.41, 5.74) is 2.37. The normalized spacial score (nSPS) is 12.5. The molecule has 1 heterocycles. The van der Waals surface area contributed by atoms with Gasteiger partial charge in [-0.1, -0.05) is 24.6 Å². The number of hydrogen-bond donors (Lipinski definition) is 1. The van der Waals surface area contributed by atoms with Gasteiger partial charge in [-0.15, -0.1) is 0 Å². The average Bonchev–Trinajstić information content (AvgIpc) is 2.95. The van der Waals surface area contributed by atoms with Gasteiger partial charge < -0.3 is 19.5 Å². The van der Waals surface area contributed by atoms with Crippen molar-refractivity contribution < 1.29 is 14.2 Å². The van der Waals surface area contributed by atoms with E-state index in [1.165, 1.54) is 5.56 Å². The number of rotatable bonds is 5. The third kappa shape index (κ3) is 3.11. The molecule has 1 N–H and O–H groups in total. The van der Waals surface area contributed by atoms with Crippen LogP contribution >= 0.6 is 0 Å². The molecule has 0 radical (unpaired) electrons. The predicted octanol–water partition coefficient (Wildman–Crippen LogP) is 3.63. The summed E-state index contributed by atoms with van der Waals surface area (Å²) in [6.07, 6.45) is 0. The van der Waals surface area contributed by atoms with Crippen molar-refractivity contribution in [1.29, 1.82) is 0 Å². The van der Waals surface area contributed by atoms with Crippen molar-refractivity contribution in [3.8, 4) is 23.0 Å². The highest BCUT2D eigenvalue weighted by molar-refractivity contribution is 5.49. The van der Waals surface area contributed by atoms with E-state index in [4.69, 9.17) is 14.2 Å². The fourth-order valence-corrected chi connectivity index (χ4v) is 2.27. The molecule has 0 spiro atoms. The second kappa shape index (κ2) is 6.06. The minimum absolute atomic E-state index is 0.273. The summed E-state index contributed by atoms with van der Waals surface area (Å²) in [6.45, 7) is 6.17. The summed E-state index contributed by atoms with van der Waals surface area (Å²) in [5.74, 6) is 3.10. The van der Waals surface area contributed by atoms with Gasteiger partial charge in [0, 0.05) is 18.2 Å². The molecule has 110 valence electrons. The van der Waals surface area contributed by atoms with E-state index in [1.807, 2.05) is 24.3 Å². The highest BCUT2D eigenvalue weighted by Gasteiger charge is 2.14. The number of nitrogens with one attached hydrogen (secondary N) is 1. The lowest BCUT2D eigenvalue weighted by Crippen LogP contribution is -2.12. The zero-order valence-corrected chi connectivity index (χ0v) is 12.3. The second-order valence-electron chi connectivity index (χ2n) is 5.01. The third-order valence-corrected chi connectivity index (χ3v) is 3.35. The first-order chi connectivity index (χ1) is 10.3. The summed E-state index contributed by atoms with van der Waals surface area (Å²) in [7, 11) is 0. The Morgan fingerprint density at radius 2 is 1.95 bits per heavy atom. The van der Waals surface area contributed by atoms with Crippen molar-refractivity contribution >= 4 is 0 Å². The average molecular weight is 285 g/mol. The highest BCUT2D eigenvalue weighted by Crippen LogP contribution is 2.37. The molecule has 0 saturated carbocycles. The van der Waals surface area contributed by atoms with Crippen LogP contribution in [0, 0.1) is 6.92 Å². The van der Waals surface area contributed by atoms with E-state index in [1.54, 1.807) is 0 Å². The van der Waals surface area contributed by atoms with E-state index in [-0.39, 0.29) is 6.79 Å². The Morgan fingerprint density at radius 3 is 2.81 bits per heavy atom. The maximum Gasteiger partial charge on any atom is 0.231 e. The Kier molecular flexibility index (Phi) is 3.97. The first-order valence-electron chi connectivity index (χ1n) is 7.14. The molecular weight excluding hydrogens is 266 g/mol. The molecular formula is C17H19NO3. The molecule has 1 aliphatic heterocycles. The predicted molar refractivity (Wildman–Crippen MR) is 81.2 cm³/mol. The maximum absolute atomic E-state index is 6.01. The van der Waals surface area contributed by atoms with Gasteiger partial charge in [-0.3, -0.25) is 0 Å². The Morgan fingerprint density at radius 1 is 1.10 bits per heavy atom. The number of benzene rings is 2. The van der Waals surface area contributed by atoms with E-state index >= 15 is 0 Å². The van der Waals surface area contributed by atoms with E-state index in [2.05, 4.69) is 31.3 Å². The lowest BCUT2D eigenvalue weighted by molar-refractivity contribution is 0.174. The summed E-state index contributed by atoms with van der Waals surface area (Å²) in [5, 5.41) is 3.33. The molecule has 3 rings (SSSR count). The summed E-state index contributed by atoms with van der Waals surface area (Å²) < 4.78 is 16.7. The molecule has 0 saturated heterocycles. The standard InChI is InChI=1S/C17H19NO3/c1-3-18-10-13-8-12(2)4-6-15(13)21-14-5-7-16-17(9-14)20-11-19-16/h4-9,18H,3,10-11H2,1-2H3. The van der Waals surface area contributed by atoms with Gasteiger partial charge in [0.2, 0.25) is 6.79 Å². The lowest BCUT2D eigenvalue weighted by atomic mass is 10.1. The topological polar surface area (TPSA) is 39.7 Å². The maximum atomic E-state index is 6.01. The van der Waals surface area contributed by atoms with E-state index in [0.717, 1.165) is 41.7 Å². The fraction of sp³-hybridized carbons (Fsp3) is 0.294. The first kappa shape index (κ1) is 13.8. The van der Waals surface area contributed by atoms with Crippen LogP contribution in [0.3, 0.4) is 0 Å². The summed E-state index contributed by atoms with van der Waals surface area (Å²) in [4.78, 5) is 0. The molecule has 0 aromatic heterocycles. The van der Waals surface area contributed by atoms with Crippen LogP contribution in [0.2, 0.25) is 0 Å². The zero-order chi connectivity index (χ0) is 14.7. The molecule has 0 fully saturated rings. The van der Waals surface area contributed by atoms with Crippen LogP contribution < -0.4 is 19.5 Å². The summed E-state index contributed by atoms with van der Waals surface area (Å²) >= 11 is 0. The molecule has 2 aromatic rings. The smallest absolute Gasteiger partial charge is 0.231 e. The molecule has 2 aromatic carbocycles. The van der Waals surface area contributed by atoms with Crippen molar-refractivity contribution in [3.63, 3.8) is 0 Å². The minimum atomic E-state index is 0.273. The number of fused-ring (bicyclic) bond motifs is 1. The Hall–Kier alpha value is -2.20. The van der Waals surface area contributed by atoms with Gasteiger partial charge in [-0.05, 0) is 31.7 Å². The van der Waals surface area contributed by atoms with Gasteiger partial charge in [0.1, 0.15) is 11.5 Å². The van der Waals surface area contributed by atoms with Gasteiger partial charge in [0.25, 0.3) is 0 Å². The molecule has 4 nitrogen and oxygen atoms in total. The molecule has 0 amide bonds.